The van der Waals surface area contributed by atoms with Gasteiger partial charge in [0, 0.05) is 18.3 Å². The third-order valence-electron chi connectivity index (χ3n) is 6.20. The molecule has 7 nitrogen and oxygen atoms in total. The van der Waals surface area contributed by atoms with Crippen LogP contribution in [0.2, 0.25) is 10.0 Å². The average Bonchev–Trinajstić information content (AvgIpc) is 2.96. The van der Waals surface area contributed by atoms with Crippen LogP contribution in [0.5, 0.6) is 0 Å². The van der Waals surface area contributed by atoms with Crippen molar-refractivity contribution in [2.45, 2.75) is 25.4 Å². The highest BCUT2D eigenvalue weighted by Gasteiger charge is 2.38. The Morgan fingerprint density at radius 3 is 2.24 bits per heavy atom. The minimum absolute atomic E-state index is 0.0203. The molecule has 0 unspecified atom stereocenters. The first-order valence-corrected chi connectivity index (χ1v) is 12.3. The summed E-state index contributed by atoms with van der Waals surface area (Å²) < 4.78 is 27.4. The lowest BCUT2D eigenvalue weighted by molar-refractivity contribution is -0.130. The topological polar surface area (TPSA) is 81.8 Å². The number of anilines is 3. The van der Waals surface area contributed by atoms with Crippen LogP contribution in [0.4, 0.5) is 25.8 Å². The minimum Gasteiger partial charge on any atom is -0.341 e. The van der Waals surface area contributed by atoms with Gasteiger partial charge in [0.2, 0.25) is 5.91 Å². The fourth-order valence-electron chi connectivity index (χ4n) is 4.06. The van der Waals surface area contributed by atoms with Crippen LogP contribution in [-0.4, -0.2) is 42.9 Å². The molecule has 0 saturated heterocycles. The van der Waals surface area contributed by atoms with Crippen LogP contribution in [0.3, 0.4) is 0 Å². The Bertz CT molecular complexity index is 1420. The average molecular weight is 561 g/mol. The van der Waals surface area contributed by atoms with Crippen molar-refractivity contribution in [2.24, 2.45) is 0 Å². The molecule has 11 heteroatoms. The van der Waals surface area contributed by atoms with Crippen LogP contribution < -0.4 is 20.4 Å². The molecular formula is C27H24Cl2F2N4O3. The summed E-state index contributed by atoms with van der Waals surface area (Å²) in [6, 6.07) is 12.7. The summed E-state index contributed by atoms with van der Waals surface area (Å²) in [5, 5.41) is 5.95. The first-order valence-electron chi connectivity index (χ1n) is 11.6. The quantitative estimate of drug-likeness (QED) is 0.456. The molecule has 0 aliphatic carbocycles. The lowest BCUT2D eigenvalue weighted by atomic mass is 10.0. The van der Waals surface area contributed by atoms with E-state index in [1.165, 1.54) is 56.1 Å². The maximum absolute atomic E-state index is 14.2. The van der Waals surface area contributed by atoms with Crippen LogP contribution in [-0.2, 0) is 9.59 Å². The maximum Gasteiger partial charge on any atom is 0.252 e. The number of carbonyl (C=O) groups is 3. The molecule has 0 radical (unpaired) electrons. The summed E-state index contributed by atoms with van der Waals surface area (Å²) >= 11 is 12.3. The fraction of sp³-hybridized carbons (Fsp3) is 0.222. The van der Waals surface area contributed by atoms with Crippen molar-refractivity contribution >= 4 is 58.0 Å². The van der Waals surface area contributed by atoms with Gasteiger partial charge < -0.3 is 20.4 Å². The van der Waals surface area contributed by atoms with Crippen LogP contribution in [0.25, 0.3) is 0 Å². The number of benzene rings is 3. The zero-order valence-electron chi connectivity index (χ0n) is 20.7. The molecule has 0 bridgehead atoms. The van der Waals surface area contributed by atoms with Gasteiger partial charge in [-0.15, -0.1) is 0 Å². The lowest BCUT2D eigenvalue weighted by Gasteiger charge is -2.30. The van der Waals surface area contributed by atoms with E-state index in [0.29, 0.717) is 22.1 Å². The van der Waals surface area contributed by atoms with Crippen LogP contribution in [0.15, 0.2) is 60.7 Å². The Labute approximate surface area is 228 Å². The molecule has 198 valence electrons. The summed E-state index contributed by atoms with van der Waals surface area (Å²) in [5.41, 5.74) is 0.103. The Kier molecular flexibility index (Phi) is 7.62. The number of amides is 3. The number of hydrogen-bond acceptors (Lipinski definition) is 4. The number of likely N-dealkylation sites (N-methyl/N-ethyl adjacent to an activating group) is 1. The second-order valence-electron chi connectivity index (χ2n) is 9.35. The maximum atomic E-state index is 14.2. The van der Waals surface area contributed by atoms with Crippen molar-refractivity contribution in [3.63, 3.8) is 0 Å². The Balaban J connectivity index is 1.63. The van der Waals surface area contributed by atoms with Crippen molar-refractivity contribution in [1.82, 2.24) is 10.6 Å². The molecule has 4 rings (SSSR count). The second kappa shape index (κ2) is 10.6. The number of fused-ring (bicyclic) bond motifs is 1. The Morgan fingerprint density at radius 1 is 0.921 bits per heavy atom. The van der Waals surface area contributed by atoms with E-state index in [4.69, 9.17) is 23.2 Å². The summed E-state index contributed by atoms with van der Waals surface area (Å²) in [5.74, 6) is -2.75. The zero-order chi connectivity index (χ0) is 27.8. The SMILES string of the molecule is CN1C(=O)[C@H](NC(=O)C(C)(C)NC(=O)c2ccc(F)cc2)CN(c2ccc(Cl)c(Cl)c2)c2ccc(F)cc21. The van der Waals surface area contributed by atoms with E-state index in [1.54, 1.807) is 23.1 Å². The highest BCUT2D eigenvalue weighted by Crippen LogP contribution is 2.39. The van der Waals surface area contributed by atoms with Crippen LogP contribution >= 0.6 is 23.2 Å². The van der Waals surface area contributed by atoms with Gasteiger partial charge in [0.1, 0.15) is 23.2 Å². The van der Waals surface area contributed by atoms with Gasteiger partial charge in [0.25, 0.3) is 11.8 Å². The molecule has 0 spiro atoms. The normalized spacial score (nSPS) is 15.6. The van der Waals surface area contributed by atoms with Gasteiger partial charge in [-0.05, 0) is 74.5 Å². The van der Waals surface area contributed by atoms with Crippen molar-refractivity contribution < 1.29 is 23.2 Å². The van der Waals surface area contributed by atoms with Crippen molar-refractivity contribution in [2.75, 3.05) is 23.4 Å². The standard InChI is InChI=1S/C27H24Cl2F2N4O3/c1-27(2,33-24(36)15-4-6-16(30)7-5-15)26(38)32-21-14-35(18-9-10-19(28)20(29)13-18)22-11-8-17(31)12-23(22)34(3)25(21)37/h4-13,21H,14H2,1-3H3,(H,32,38)(H,33,36)/t21-/m1/s1. The molecule has 0 fully saturated rings. The molecule has 1 aliphatic heterocycles. The monoisotopic (exact) mass is 560 g/mol. The number of carbonyl (C=O) groups excluding carboxylic acids is 3. The lowest BCUT2D eigenvalue weighted by Crippen LogP contribution is -2.60. The highest BCUT2D eigenvalue weighted by atomic mass is 35.5. The second-order valence-corrected chi connectivity index (χ2v) is 10.2. The minimum atomic E-state index is -1.44. The van der Waals surface area contributed by atoms with Gasteiger partial charge in [0.05, 0.1) is 28.0 Å². The highest BCUT2D eigenvalue weighted by molar-refractivity contribution is 6.42. The molecule has 3 aromatic rings. The third kappa shape index (κ3) is 5.58. The fourth-order valence-corrected chi connectivity index (χ4v) is 4.35. The molecule has 3 amide bonds. The van der Waals surface area contributed by atoms with Gasteiger partial charge in [-0.25, -0.2) is 8.78 Å². The summed E-state index contributed by atoms with van der Waals surface area (Å²) in [4.78, 5) is 42.4. The van der Waals surface area contributed by atoms with E-state index in [1.807, 2.05) is 0 Å². The van der Waals surface area contributed by atoms with Gasteiger partial charge in [-0.3, -0.25) is 14.4 Å². The van der Waals surface area contributed by atoms with Crippen LogP contribution in [0, 0.1) is 11.6 Å². The molecule has 1 aliphatic rings. The molecule has 3 aromatic carbocycles. The predicted molar refractivity (Wildman–Crippen MR) is 143 cm³/mol. The van der Waals surface area contributed by atoms with Gasteiger partial charge in [-0.1, -0.05) is 23.2 Å². The number of rotatable bonds is 5. The number of nitrogens with zero attached hydrogens (tertiary/aromatic N) is 2. The molecular weight excluding hydrogens is 537 g/mol. The van der Waals surface area contributed by atoms with E-state index in [0.717, 1.165) is 12.1 Å². The van der Waals surface area contributed by atoms with Gasteiger partial charge in [0.15, 0.2) is 0 Å². The molecule has 0 aromatic heterocycles. The molecule has 2 N–H and O–H groups in total. The summed E-state index contributed by atoms with van der Waals surface area (Å²) in [7, 11) is 1.49. The van der Waals surface area contributed by atoms with E-state index in [2.05, 4.69) is 10.6 Å². The molecule has 38 heavy (non-hydrogen) atoms. The van der Waals surface area contributed by atoms with E-state index in [9.17, 15) is 23.2 Å². The summed E-state index contributed by atoms with van der Waals surface area (Å²) in [6.07, 6.45) is 0. The van der Waals surface area contributed by atoms with E-state index < -0.39 is 40.9 Å². The first kappa shape index (κ1) is 27.3. The smallest absolute Gasteiger partial charge is 0.252 e. The largest absolute Gasteiger partial charge is 0.341 e. The Morgan fingerprint density at radius 2 is 1.58 bits per heavy atom. The van der Waals surface area contributed by atoms with E-state index >= 15 is 0 Å². The number of nitrogens with one attached hydrogen (secondary N) is 2. The van der Waals surface area contributed by atoms with Gasteiger partial charge >= 0.3 is 0 Å². The molecule has 1 heterocycles. The van der Waals surface area contributed by atoms with Crippen molar-refractivity contribution in [3.05, 3.63) is 87.9 Å². The van der Waals surface area contributed by atoms with E-state index in [-0.39, 0.29) is 17.1 Å². The Hall–Kier alpha value is -3.69. The number of hydrogen-bond donors (Lipinski definition) is 2. The van der Waals surface area contributed by atoms with Crippen molar-refractivity contribution in [1.29, 1.82) is 0 Å². The van der Waals surface area contributed by atoms with Gasteiger partial charge in [-0.2, -0.15) is 0 Å². The predicted octanol–water partition coefficient (Wildman–Crippen LogP) is 5.08. The number of halogens is 4. The zero-order valence-corrected chi connectivity index (χ0v) is 22.2. The summed E-state index contributed by atoms with van der Waals surface area (Å²) in [6.45, 7) is 2.94. The molecule has 0 saturated carbocycles. The van der Waals surface area contributed by atoms with Crippen molar-refractivity contribution in [3.8, 4) is 0 Å². The van der Waals surface area contributed by atoms with Crippen LogP contribution in [0.1, 0.15) is 24.2 Å². The third-order valence-corrected chi connectivity index (χ3v) is 6.94. The first-order chi connectivity index (χ1) is 17.9. The molecule has 1 atom stereocenters.